The number of rotatable bonds is 3. The maximum Gasteiger partial charge on any atom is 0.322 e. The predicted molar refractivity (Wildman–Crippen MR) is 84.1 cm³/mol. The Balaban J connectivity index is 1.77. The number of nitrogens with zero attached hydrogens (tertiary/aromatic N) is 2. The highest BCUT2D eigenvalue weighted by Gasteiger charge is 2.30. The van der Waals surface area contributed by atoms with Gasteiger partial charge in [-0.15, -0.1) is 0 Å². The van der Waals surface area contributed by atoms with E-state index in [1.165, 1.54) is 0 Å². The number of aromatic nitrogens is 1. The molecule has 1 N–H and O–H groups in total. The molecule has 3 heterocycles. The summed E-state index contributed by atoms with van der Waals surface area (Å²) in [4.78, 5) is 30.5. The second-order valence-corrected chi connectivity index (χ2v) is 5.61. The van der Waals surface area contributed by atoms with Crippen LogP contribution in [0.15, 0.2) is 12.1 Å². The summed E-state index contributed by atoms with van der Waals surface area (Å²) >= 11 is 0. The molecule has 2 amide bonds. The predicted octanol–water partition coefficient (Wildman–Crippen LogP) is 1.76. The molecular weight excluding hydrogens is 298 g/mol. The van der Waals surface area contributed by atoms with E-state index in [2.05, 4.69) is 10.3 Å². The third-order valence-electron chi connectivity index (χ3n) is 4.05. The Bertz CT molecular complexity index is 599. The summed E-state index contributed by atoms with van der Waals surface area (Å²) in [5, 5.41) is 3.02. The number of hydrogen-bond donors (Lipinski definition) is 1. The van der Waals surface area contributed by atoms with Gasteiger partial charge in [-0.2, -0.15) is 0 Å². The molecule has 0 atom stereocenters. The fourth-order valence-electron chi connectivity index (χ4n) is 2.84. The molecule has 0 bridgehead atoms. The van der Waals surface area contributed by atoms with Crippen LogP contribution in [-0.4, -0.2) is 49.2 Å². The van der Waals surface area contributed by atoms with Crippen molar-refractivity contribution >= 4 is 17.5 Å². The number of anilines is 1. The molecule has 2 aliphatic rings. The van der Waals surface area contributed by atoms with Crippen molar-refractivity contribution < 1.29 is 19.1 Å². The van der Waals surface area contributed by atoms with Crippen molar-refractivity contribution in [3.05, 3.63) is 17.8 Å². The number of carbonyl (C=O) groups is 2. The quantitative estimate of drug-likeness (QED) is 0.918. The lowest BCUT2D eigenvalue weighted by Gasteiger charge is -2.31. The Morgan fingerprint density at radius 3 is 2.96 bits per heavy atom. The topological polar surface area (TPSA) is 80.8 Å². The van der Waals surface area contributed by atoms with Gasteiger partial charge in [-0.3, -0.25) is 9.69 Å². The number of ketones is 1. The van der Waals surface area contributed by atoms with Gasteiger partial charge < -0.3 is 14.8 Å². The minimum atomic E-state index is -0.184. The van der Waals surface area contributed by atoms with E-state index in [1.54, 1.807) is 17.0 Å². The van der Waals surface area contributed by atoms with Gasteiger partial charge >= 0.3 is 6.03 Å². The first-order chi connectivity index (χ1) is 11.2. The van der Waals surface area contributed by atoms with Crippen LogP contribution in [0.4, 0.5) is 10.5 Å². The summed E-state index contributed by atoms with van der Waals surface area (Å²) in [5.74, 6) is 0.350. The van der Waals surface area contributed by atoms with Crippen molar-refractivity contribution in [2.24, 2.45) is 0 Å². The van der Waals surface area contributed by atoms with E-state index in [0.717, 1.165) is 12.8 Å². The first-order valence-electron chi connectivity index (χ1n) is 8.02. The average Bonchev–Trinajstić information content (AvgIpc) is 2.57. The summed E-state index contributed by atoms with van der Waals surface area (Å²) in [7, 11) is 0. The fraction of sp³-hybridized carbons (Fsp3) is 0.562. The Kier molecular flexibility index (Phi) is 4.76. The third kappa shape index (κ3) is 3.44. The summed E-state index contributed by atoms with van der Waals surface area (Å²) < 4.78 is 10.6. The van der Waals surface area contributed by atoms with Crippen LogP contribution in [0, 0.1) is 0 Å². The number of hydrogen-bond acceptors (Lipinski definition) is 5. The largest absolute Gasteiger partial charge is 0.478 e. The fourth-order valence-corrected chi connectivity index (χ4v) is 2.84. The minimum Gasteiger partial charge on any atom is -0.478 e. The molecule has 2 aliphatic heterocycles. The number of nitrogens with one attached hydrogen (secondary N) is 1. The first kappa shape index (κ1) is 15.7. The number of pyridine rings is 1. The van der Waals surface area contributed by atoms with Crippen LogP contribution >= 0.6 is 0 Å². The summed E-state index contributed by atoms with van der Waals surface area (Å²) in [5.41, 5.74) is 0.860. The van der Waals surface area contributed by atoms with Crippen molar-refractivity contribution in [3.8, 4) is 5.88 Å². The Morgan fingerprint density at radius 2 is 2.22 bits per heavy atom. The van der Waals surface area contributed by atoms with E-state index in [9.17, 15) is 9.59 Å². The monoisotopic (exact) mass is 319 g/mol. The highest BCUT2D eigenvalue weighted by molar-refractivity contribution is 6.07. The molecular formula is C16H21N3O4. The highest BCUT2D eigenvalue weighted by Crippen LogP contribution is 2.28. The molecule has 124 valence electrons. The van der Waals surface area contributed by atoms with Gasteiger partial charge in [0.25, 0.3) is 0 Å². The van der Waals surface area contributed by atoms with E-state index >= 15 is 0 Å². The lowest BCUT2D eigenvalue weighted by Crippen LogP contribution is -2.49. The molecule has 0 unspecified atom stereocenters. The Morgan fingerprint density at radius 1 is 1.43 bits per heavy atom. The SMILES string of the molecule is CCOc1ccc2c(n1)C(=O)CCN2C(=O)NC1CCOCC1. The van der Waals surface area contributed by atoms with Gasteiger partial charge in [-0.1, -0.05) is 0 Å². The molecule has 1 fully saturated rings. The number of amides is 2. The van der Waals surface area contributed by atoms with E-state index in [-0.39, 0.29) is 24.3 Å². The molecule has 1 aromatic rings. The number of ether oxygens (including phenoxy) is 2. The van der Waals surface area contributed by atoms with Crippen LogP contribution < -0.4 is 15.0 Å². The summed E-state index contributed by atoms with van der Waals surface area (Å²) in [6.45, 7) is 4.04. The van der Waals surface area contributed by atoms with E-state index < -0.39 is 0 Å². The van der Waals surface area contributed by atoms with Gasteiger partial charge in [-0.25, -0.2) is 9.78 Å². The van der Waals surface area contributed by atoms with Gasteiger partial charge in [0.05, 0.1) is 12.3 Å². The number of fused-ring (bicyclic) bond motifs is 1. The number of Topliss-reactive ketones (excluding diaryl/α,β-unsaturated/α-hetero) is 1. The molecule has 23 heavy (non-hydrogen) atoms. The van der Waals surface area contributed by atoms with Crippen molar-refractivity contribution in [1.29, 1.82) is 0 Å². The van der Waals surface area contributed by atoms with Crippen molar-refractivity contribution in [2.45, 2.75) is 32.2 Å². The zero-order valence-corrected chi connectivity index (χ0v) is 13.2. The van der Waals surface area contributed by atoms with Crippen LogP contribution in [0.25, 0.3) is 0 Å². The molecule has 7 heteroatoms. The molecule has 3 rings (SSSR count). The van der Waals surface area contributed by atoms with Gasteiger partial charge in [0, 0.05) is 38.3 Å². The van der Waals surface area contributed by atoms with Crippen molar-refractivity contribution in [1.82, 2.24) is 10.3 Å². The van der Waals surface area contributed by atoms with Gasteiger partial charge in [0.2, 0.25) is 5.88 Å². The molecule has 0 aromatic carbocycles. The van der Waals surface area contributed by atoms with E-state index in [4.69, 9.17) is 9.47 Å². The van der Waals surface area contributed by atoms with E-state index in [1.807, 2.05) is 6.92 Å². The lowest BCUT2D eigenvalue weighted by atomic mass is 10.1. The van der Waals surface area contributed by atoms with Crippen LogP contribution in [0.2, 0.25) is 0 Å². The van der Waals surface area contributed by atoms with Crippen LogP contribution in [0.3, 0.4) is 0 Å². The highest BCUT2D eigenvalue weighted by atomic mass is 16.5. The lowest BCUT2D eigenvalue weighted by molar-refractivity contribution is 0.0803. The van der Waals surface area contributed by atoms with Crippen LogP contribution in [0.1, 0.15) is 36.7 Å². The summed E-state index contributed by atoms with van der Waals surface area (Å²) in [6, 6.07) is 3.36. The summed E-state index contributed by atoms with van der Waals surface area (Å²) in [6.07, 6.45) is 1.90. The average molecular weight is 319 g/mol. The molecule has 1 saturated heterocycles. The molecule has 0 spiro atoms. The van der Waals surface area contributed by atoms with E-state index in [0.29, 0.717) is 43.6 Å². The Hall–Kier alpha value is -2.15. The van der Waals surface area contributed by atoms with Crippen LogP contribution in [-0.2, 0) is 4.74 Å². The molecule has 0 radical (unpaired) electrons. The van der Waals surface area contributed by atoms with Crippen LogP contribution in [0.5, 0.6) is 5.88 Å². The normalized spacial score (nSPS) is 18.5. The van der Waals surface area contributed by atoms with Crippen molar-refractivity contribution in [2.75, 3.05) is 31.3 Å². The van der Waals surface area contributed by atoms with Gasteiger partial charge in [0.1, 0.15) is 5.69 Å². The minimum absolute atomic E-state index is 0.0586. The molecule has 0 aliphatic carbocycles. The smallest absolute Gasteiger partial charge is 0.322 e. The standard InChI is InChI=1S/C16H21N3O4/c1-2-23-14-4-3-12-15(18-14)13(20)5-8-19(12)16(21)17-11-6-9-22-10-7-11/h3-4,11H,2,5-10H2,1H3,(H,17,21). The Labute approximate surface area is 135 Å². The molecule has 1 aromatic heterocycles. The maximum atomic E-state index is 12.6. The molecule has 7 nitrogen and oxygen atoms in total. The second kappa shape index (κ2) is 6.95. The van der Waals surface area contributed by atoms with Crippen molar-refractivity contribution in [3.63, 3.8) is 0 Å². The third-order valence-corrected chi connectivity index (χ3v) is 4.05. The zero-order valence-electron chi connectivity index (χ0n) is 13.2. The zero-order chi connectivity index (χ0) is 16.2. The van der Waals surface area contributed by atoms with Gasteiger partial charge in [-0.05, 0) is 25.8 Å². The number of urea groups is 1. The second-order valence-electron chi connectivity index (χ2n) is 5.61. The number of carbonyl (C=O) groups excluding carboxylic acids is 2. The molecule has 0 saturated carbocycles. The van der Waals surface area contributed by atoms with Gasteiger partial charge in [0.15, 0.2) is 5.78 Å². The first-order valence-corrected chi connectivity index (χ1v) is 8.02. The maximum absolute atomic E-state index is 12.6.